The Hall–Kier alpha value is -3.38. The largest absolute Gasteiger partial charge is 0.481 e. The minimum atomic E-state index is -0.788. The normalized spacial score (nSPS) is 24.6. The highest BCUT2D eigenvalue weighted by Gasteiger charge is 2.32. The third kappa shape index (κ3) is 6.49. The highest BCUT2D eigenvalue weighted by Crippen LogP contribution is 2.38. The van der Waals surface area contributed by atoms with Gasteiger partial charge in [0.15, 0.2) is 0 Å². The molecule has 5 unspecified atom stereocenters. The maximum Gasteiger partial charge on any atom is 0.303 e. The van der Waals surface area contributed by atoms with Gasteiger partial charge in [-0.1, -0.05) is 61.9 Å². The number of fused-ring (bicyclic) bond motifs is 1. The lowest BCUT2D eigenvalue weighted by Gasteiger charge is -2.38. The van der Waals surface area contributed by atoms with Gasteiger partial charge in [0.05, 0.1) is 17.4 Å². The van der Waals surface area contributed by atoms with Gasteiger partial charge in [-0.3, -0.25) is 14.6 Å². The summed E-state index contributed by atoms with van der Waals surface area (Å²) >= 11 is 6.14. The Kier molecular flexibility index (Phi) is 8.75. The van der Waals surface area contributed by atoms with E-state index >= 15 is 0 Å². The number of carbonyl (C=O) groups excluding carboxylic acids is 1. The molecule has 0 radical (unpaired) electrons. The van der Waals surface area contributed by atoms with Crippen LogP contribution in [0.5, 0.6) is 0 Å². The van der Waals surface area contributed by atoms with Gasteiger partial charge in [-0.2, -0.15) is 0 Å². The molecule has 0 bridgehead atoms. The average molecular weight is 560 g/mol. The number of aliphatic carboxylic acids is 1. The van der Waals surface area contributed by atoms with E-state index in [1.165, 1.54) is 0 Å². The van der Waals surface area contributed by atoms with Crippen LogP contribution >= 0.6 is 11.6 Å². The number of likely N-dealkylation sites (tertiary alicyclic amines) is 1. The number of nitrogens with zero attached hydrogens (tertiary/aromatic N) is 2. The number of aliphatic imine (C=N–C) groups is 1. The Bertz CT molecular complexity index is 1330. The van der Waals surface area contributed by atoms with Crippen LogP contribution in [0.15, 0.2) is 71.8 Å². The van der Waals surface area contributed by atoms with E-state index in [1.807, 2.05) is 54.3 Å². The predicted molar refractivity (Wildman–Crippen MR) is 162 cm³/mol. The Labute approximate surface area is 241 Å². The SMILES string of the molecule is CC(CCC1=Nc2cc(C(=O)N3CCCC(C4C=CC=CC4C)C3)ccc2NC1c1ccc(Cl)cc1)CC(=O)O. The number of amides is 1. The fourth-order valence-corrected chi connectivity index (χ4v) is 6.40. The van der Waals surface area contributed by atoms with E-state index in [0.717, 1.165) is 48.6 Å². The molecule has 1 saturated heterocycles. The number of allylic oxidation sites excluding steroid dienone is 4. The molecule has 210 valence electrons. The number of carboxylic acid groups (broad SMARTS) is 1. The van der Waals surface area contributed by atoms with E-state index < -0.39 is 5.97 Å². The summed E-state index contributed by atoms with van der Waals surface area (Å²) in [5.74, 6) is 0.718. The van der Waals surface area contributed by atoms with Crippen LogP contribution in [0, 0.1) is 23.7 Å². The van der Waals surface area contributed by atoms with Crippen LogP contribution in [0.4, 0.5) is 11.4 Å². The lowest BCUT2D eigenvalue weighted by atomic mass is 9.76. The molecule has 1 fully saturated rings. The summed E-state index contributed by atoms with van der Waals surface area (Å²) in [6, 6.07) is 13.3. The lowest BCUT2D eigenvalue weighted by Crippen LogP contribution is -2.43. The van der Waals surface area contributed by atoms with Crippen molar-refractivity contribution in [2.45, 2.75) is 52.0 Å². The van der Waals surface area contributed by atoms with Crippen molar-refractivity contribution in [3.8, 4) is 0 Å². The highest BCUT2D eigenvalue weighted by atomic mass is 35.5. The van der Waals surface area contributed by atoms with Gasteiger partial charge in [0.2, 0.25) is 0 Å². The number of piperidine rings is 1. The van der Waals surface area contributed by atoms with Crippen molar-refractivity contribution in [3.63, 3.8) is 0 Å². The van der Waals surface area contributed by atoms with Crippen LogP contribution < -0.4 is 5.32 Å². The zero-order chi connectivity index (χ0) is 28.2. The first kappa shape index (κ1) is 28.2. The lowest BCUT2D eigenvalue weighted by molar-refractivity contribution is -0.138. The molecule has 5 rings (SSSR count). The summed E-state index contributed by atoms with van der Waals surface area (Å²) in [5, 5.41) is 13.5. The van der Waals surface area contributed by atoms with Crippen molar-refractivity contribution >= 4 is 40.6 Å². The van der Waals surface area contributed by atoms with Crippen molar-refractivity contribution in [2.75, 3.05) is 18.4 Å². The number of hydrogen-bond acceptors (Lipinski definition) is 4. The number of carboxylic acids is 1. The second-order valence-electron chi connectivity index (χ2n) is 11.6. The van der Waals surface area contributed by atoms with Crippen molar-refractivity contribution in [2.24, 2.45) is 28.7 Å². The first-order chi connectivity index (χ1) is 19.3. The number of benzene rings is 2. The van der Waals surface area contributed by atoms with Crippen LogP contribution in [0.3, 0.4) is 0 Å². The second-order valence-corrected chi connectivity index (χ2v) is 12.0. The molecule has 7 heteroatoms. The van der Waals surface area contributed by atoms with E-state index in [1.54, 1.807) is 0 Å². The first-order valence-electron chi connectivity index (χ1n) is 14.4. The summed E-state index contributed by atoms with van der Waals surface area (Å²) in [5.41, 5.74) is 4.25. The standard InChI is InChI=1S/C33H38ClN3O3/c1-21(18-31(38)39)9-15-29-32(23-10-13-26(34)14-11-23)36-28-16-12-24(19-30(28)35-29)33(40)37-17-5-7-25(20-37)27-8-4-3-6-22(27)2/h3-4,6,8,10-14,16,19,21-22,25,27,32,36H,5,7,9,15,17-18,20H2,1-2H3,(H,38,39). The summed E-state index contributed by atoms with van der Waals surface area (Å²) in [4.78, 5) is 31.9. The van der Waals surface area contributed by atoms with Crippen molar-refractivity contribution in [1.29, 1.82) is 0 Å². The molecule has 0 aromatic heterocycles. The summed E-state index contributed by atoms with van der Waals surface area (Å²) in [7, 11) is 0. The molecule has 6 nitrogen and oxygen atoms in total. The highest BCUT2D eigenvalue weighted by molar-refractivity contribution is 6.30. The molecule has 0 saturated carbocycles. The predicted octanol–water partition coefficient (Wildman–Crippen LogP) is 7.70. The van der Waals surface area contributed by atoms with Crippen LogP contribution in [0.25, 0.3) is 0 Å². The van der Waals surface area contributed by atoms with Gasteiger partial charge >= 0.3 is 5.97 Å². The molecule has 1 amide bonds. The third-order valence-electron chi connectivity index (χ3n) is 8.52. The van der Waals surface area contributed by atoms with Gasteiger partial charge in [-0.25, -0.2) is 0 Å². The molecule has 5 atom stereocenters. The van der Waals surface area contributed by atoms with E-state index in [9.17, 15) is 14.7 Å². The van der Waals surface area contributed by atoms with Crippen molar-refractivity contribution in [3.05, 3.63) is 82.9 Å². The quantitative estimate of drug-likeness (QED) is 0.347. The van der Waals surface area contributed by atoms with Gasteiger partial charge in [-0.05, 0) is 85.3 Å². The van der Waals surface area contributed by atoms with E-state index in [4.69, 9.17) is 16.6 Å². The Morgan fingerprint density at radius 3 is 2.67 bits per heavy atom. The molecule has 2 aromatic rings. The molecule has 3 aliphatic rings. The fraction of sp³-hybridized carbons (Fsp3) is 0.424. The molecule has 2 aliphatic heterocycles. The molecule has 0 spiro atoms. The smallest absolute Gasteiger partial charge is 0.303 e. The van der Waals surface area contributed by atoms with Gasteiger partial charge in [-0.15, -0.1) is 0 Å². The number of halogens is 1. The van der Waals surface area contributed by atoms with Gasteiger partial charge < -0.3 is 15.3 Å². The fourth-order valence-electron chi connectivity index (χ4n) is 6.28. The second kappa shape index (κ2) is 12.4. The van der Waals surface area contributed by atoms with Gasteiger partial charge in [0.1, 0.15) is 0 Å². The number of hydrogen-bond donors (Lipinski definition) is 2. The topological polar surface area (TPSA) is 82.0 Å². The Morgan fingerprint density at radius 2 is 1.93 bits per heavy atom. The molecular formula is C33H38ClN3O3. The van der Waals surface area contributed by atoms with E-state index in [0.29, 0.717) is 41.2 Å². The average Bonchev–Trinajstić information content (AvgIpc) is 2.95. The maximum absolute atomic E-state index is 13.7. The van der Waals surface area contributed by atoms with Crippen molar-refractivity contribution < 1.29 is 14.7 Å². The third-order valence-corrected chi connectivity index (χ3v) is 8.77. The van der Waals surface area contributed by atoms with E-state index in [-0.39, 0.29) is 24.3 Å². The van der Waals surface area contributed by atoms with Crippen LogP contribution in [0.1, 0.15) is 67.9 Å². The minimum Gasteiger partial charge on any atom is -0.481 e. The molecule has 2 N–H and O–H groups in total. The summed E-state index contributed by atoms with van der Waals surface area (Å²) < 4.78 is 0. The first-order valence-corrected chi connectivity index (χ1v) is 14.8. The molecule has 2 aromatic carbocycles. The van der Waals surface area contributed by atoms with Gasteiger partial charge in [0.25, 0.3) is 5.91 Å². The van der Waals surface area contributed by atoms with Crippen LogP contribution in [0.2, 0.25) is 5.02 Å². The Morgan fingerprint density at radius 1 is 1.15 bits per heavy atom. The number of carbonyl (C=O) groups is 2. The van der Waals surface area contributed by atoms with E-state index in [2.05, 4.69) is 36.5 Å². The monoisotopic (exact) mass is 559 g/mol. The molecule has 40 heavy (non-hydrogen) atoms. The number of rotatable bonds is 8. The van der Waals surface area contributed by atoms with Crippen LogP contribution in [-0.4, -0.2) is 40.7 Å². The summed E-state index contributed by atoms with van der Waals surface area (Å²) in [6.07, 6.45) is 12.5. The minimum absolute atomic E-state index is 0.0321. The zero-order valence-corrected chi connectivity index (χ0v) is 24.0. The van der Waals surface area contributed by atoms with Crippen LogP contribution in [-0.2, 0) is 4.79 Å². The molecule has 1 aliphatic carbocycles. The van der Waals surface area contributed by atoms with Gasteiger partial charge in [0, 0.05) is 35.8 Å². The number of nitrogens with one attached hydrogen (secondary N) is 1. The molecule has 2 heterocycles. The number of anilines is 1. The maximum atomic E-state index is 13.7. The summed E-state index contributed by atoms with van der Waals surface area (Å²) in [6.45, 7) is 5.77. The molecular weight excluding hydrogens is 522 g/mol. The van der Waals surface area contributed by atoms with Crippen molar-refractivity contribution in [1.82, 2.24) is 4.90 Å². The zero-order valence-electron chi connectivity index (χ0n) is 23.2. The Balaban J connectivity index is 1.36.